The van der Waals surface area contributed by atoms with Crippen LogP contribution in [0.4, 0.5) is 0 Å². The van der Waals surface area contributed by atoms with Crippen LogP contribution in [0.2, 0.25) is 0 Å². The van der Waals surface area contributed by atoms with Gasteiger partial charge in [0.1, 0.15) is 5.71 Å². The fourth-order valence-corrected chi connectivity index (χ4v) is 1.89. The number of carbonyl (C=O) groups excluding carboxylic acids is 1. The normalized spacial score (nSPS) is 11.7. The summed E-state index contributed by atoms with van der Waals surface area (Å²) >= 11 is 0. The second kappa shape index (κ2) is 8.43. The summed E-state index contributed by atoms with van der Waals surface area (Å²) in [6.45, 7) is 1.47. The van der Waals surface area contributed by atoms with Crippen molar-refractivity contribution >= 4 is 17.7 Å². The fraction of sp³-hybridized carbons (Fsp3) is 0.105. The number of oxime groups is 1. The minimum atomic E-state index is -1.02. The zero-order valence-electron chi connectivity index (χ0n) is 13.1. The van der Waals surface area contributed by atoms with Crippen molar-refractivity contribution in [1.82, 2.24) is 0 Å². The van der Waals surface area contributed by atoms with Crippen molar-refractivity contribution in [2.75, 3.05) is 0 Å². The van der Waals surface area contributed by atoms with Gasteiger partial charge >= 0.3 is 11.9 Å². The molecule has 0 saturated heterocycles. The number of rotatable bonds is 6. The second-order valence-electron chi connectivity index (χ2n) is 5.07. The van der Waals surface area contributed by atoms with Gasteiger partial charge in [-0.3, -0.25) is 4.79 Å². The van der Waals surface area contributed by atoms with Crippen LogP contribution in [0.5, 0.6) is 0 Å². The van der Waals surface area contributed by atoms with Crippen LogP contribution in [0.25, 0.3) is 0 Å². The fourth-order valence-electron chi connectivity index (χ4n) is 1.89. The predicted octanol–water partition coefficient (Wildman–Crippen LogP) is 3.26. The number of carboxylic acid groups (broad SMARTS) is 1. The van der Waals surface area contributed by atoms with E-state index >= 15 is 0 Å². The first-order valence-electron chi connectivity index (χ1n) is 7.38. The maximum absolute atomic E-state index is 11.7. The highest BCUT2D eigenvalue weighted by Gasteiger charge is 2.10. The van der Waals surface area contributed by atoms with E-state index in [2.05, 4.69) is 5.16 Å². The number of carbonyl (C=O) groups is 2. The lowest BCUT2D eigenvalue weighted by atomic mass is 10.0. The third kappa shape index (κ3) is 4.91. The Bertz CT molecular complexity index is 710. The SMILES string of the molecule is CC(C=CC(=O)ON=C(c1ccccc1)c1ccccc1)C(=O)O. The summed E-state index contributed by atoms with van der Waals surface area (Å²) < 4.78 is 0. The number of hydrogen-bond acceptors (Lipinski definition) is 4. The molecule has 0 aromatic heterocycles. The van der Waals surface area contributed by atoms with E-state index in [1.807, 2.05) is 60.7 Å². The summed E-state index contributed by atoms with van der Waals surface area (Å²) in [5.41, 5.74) is 2.13. The zero-order valence-corrected chi connectivity index (χ0v) is 13.1. The van der Waals surface area contributed by atoms with E-state index in [4.69, 9.17) is 9.94 Å². The molecule has 2 rings (SSSR count). The molecular formula is C19H17NO4. The molecule has 0 aliphatic rings. The predicted molar refractivity (Wildman–Crippen MR) is 90.6 cm³/mol. The Labute approximate surface area is 139 Å². The largest absolute Gasteiger partial charge is 0.481 e. The molecule has 0 spiro atoms. The Hall–Kier alpha value is -3.21. The molecule has 2 aromatic rings. The molecule has 5 heteroatoms. The standard InChI is InChI=1S/C19H17NO4/c1-14(19(22)23)12-13-17(21)24-20-18(15-8-4-2-5-9-15)16-10-6-3-7-11-16/h2-14H,1H3,(H,22,23). The van der Waals surface area contributed by atoms with Crippen molar-refractivity contribution in [1.29, 1.82) is 0 Å². The zero-order chi connectivity index (χ0) is 17.4. The van der Waals surface area contributed by atoms with E-state index in [1.54, 1.807) is 0 Å². The third-order valence-electron chi connectivity index (χ3n) is 3.23. The summed E-state index contributed by atoms with van der Waals surface area (Å²) in [5.74, 6) is -2.52. The third-order valence-corrected chi connectivity index (χ3v) is 3.23. The number of benzene rings is 2. The van der Waals surface area contributed by atoms with Gasteiger partial charge in [0.05, 0.1) is 5.92 Å². The van der Waals surface area contributed by atoms with Gasteiger partial charge < -0.3 is 9.94 Å². The molecule has 1 N–H and O–H groups in total. The molecule has 0 aliphatic heterocycles. The first-order valence-corrected chi connectivity index (χ1v) is 7.38. The van der Waals surface area contributed by atoms with Crippen LogP contribution >= 0.6 is 0 Å². The molecule has 1 atom stereocenters. The topological polar surface area (TPSA) is 76.0 Å². The molecule has 24 heavy (non-hydrogen) atoms. The molecule has 122 valence electrons. The lowest BCUT2D eigenvalue weighted by Crippen LogP contribution is -2.08. The second-order valence-corrected chi connectivity index (χ2v) is 5.07. The maximum atomic E-state index is 11.7. The lowest BCUT2D eigenvalue weighted by Gasteiger charge is -2.06. The first-order chi connectivity index (χ1) is 11.6. The Kier molecular flexibility index (Phi) is 6.02. The molecule has 0 aliphatic carbocycles. The van der Waals surface area contributed by atoms with E-state index in [1.165, 1.54) is 13.0 Å². The van der Waals surface area contributed by atoms with Crippen molar-refractivity contribution in [3.05, 3.63) is 83.9 Å². The van der Waals surface area contributed by atoms with E-state index in [-0.39, 0.29) is 0 Å². The molecule has 0 fully saturated rings. The Morgan fingerprint density at radius 2 is 1.50 bits per heavy atom. The average Bonchev–Trinajstić information content (AvgIpc) is 2.61. The Morgan fingerprint density at radius 3 is 1.96 bits per heavy atom. The van der Waals surface area contributed by atoms with Crippen molar-refractivity contribution < 1.29 is 19.5 Å². The van der Waals surface area contributed by atoms with Gasteiger partial charge in [0.2, 0.25) is 0 Å². The van der Waals surface area contributed by atoms with E-state index < -0.39 is 17.9 Å². The number of carboxylic acids is 1. The Morgan fingerprint density at radius 1 is 1.00 bits per heavy atom. The van der Waals surface area contributed by atoms with Crippen LogP contribution in [0.3, 0.4) is 0 Å². The average molecular weight is 323 g/mol. The highest BCUT2D eigenvalue weighted by Crippen LogP contribution is 2.11. The smallest absolute Gasteiger partial charge is 0.358 e. The number of hydrogen-bond donors (Lipinski definition) is 1. The minimum Gasteiger partial charge on any atom is -0.481 e. The van der Waals surface area contributed by atoms with E-state index in [0.29, 0.717) is 5.71 Å². The van der Waals surface area contributed by atoms with Gasteiger partial charge in [-0.15, -0.1) is 0 Å². The molecule has 0 saturated carbocycles. The summed E-state index contributed by atoms with van der Waals surface area (Å²) in [6, 6.07) is 18.7. The summed E-state index contributed by atoms with van der Waals surface area (Å²) in [7, 11) is 0. The molecule has 0 bridgehead atoms. The Balaban J connectivity index is 2.21. The molecule has 1 unspecified atom stereocenters. The van der Waals surface area contributed by atoms with Gasteiger partial charge in [-0.1, -0.05) is 71.9 Å². The lowest BCUT2D eigenvalue weighted by molar-refractivity contribution is -0.139. The molecule has 2 aromatic carbocycles. The van der Waals surface area contributed by atoms with Gasteiger partial charge in [0.25, 0.3) is 0 Å². The van der Waals surface area contributed by atoms with Crippen molar-refractivity contribution in [2.24, 2.45) is 11.1 Å². The monoisotopic (exact) mass is 323 g/mol. The quantitative estimate of drug-likeness (QED) is 0.383. The molecular weight excluding hydrogens is 306 g/mol. The summed E-state index contributed by atoms with van der Waals surface area (Å²) in [5, 5.41) is 12.7. The number of nitrogens with zero attached hydrogens (tertiary/aromatic N) is 1. The summed E-state index contributed by atoms with van der Waals surface area (Å²) in [4.78, 5) is 27.4. The molecule has 0 heterocycles. The van der Waals surface area contributed by atoms with Crippen LogP contribution in [0, 0.1) is 5.92 Å². The van der Waals surface area contributed by atoms with E-state index in [0.717, 1.165) is 17.2 Å². The van der Waals surface area contributed by atoms with Crippen molar-refractivity contribution in [2.45, 2.75) is 6.92 Å². The first kappa shape index (κ1) is 17.1. The van der Waals surface area contributed by atoms with Crippen LogP contribution in [0.1, 0.15) is 18.1 Å². The van der Waals surface area contributed by atoms with Crippen molar-refractivity contribution in [3.8, 4) is 0 Å². The van der Waals surface area contributed by atoms with Gasteiger partial charge in [0, 0.05) is 17.2 Å². The number of aliphatic carboxylic acids is 1. The molecule has 0 radical (unpaired) electrons. The van der Waals surface area contributed by atoms with Gasteiger partial charge in [-0.05, 0) is 6.92 Å². The molecule has 0 amide bonds. The van der Waals surface area contributed by atoms with Gasteiger partial charge in [0.15, 0.2) is 0 Å². The highest BCUT2D eigenvalue weighted by atomic mass is 16.7. The minimum absolute atomic E-state index is 0.518. The van der Waals surface area contributed by atoms with Crippen LogP contribution in [-0.4, -0.2) is 22.8 Å². The van der Waals surface area contributed by atoms with Crippen LogP contribution < -0.4 is 0 Å². The van der Waals surface area contributed by atoms with Crippen LogP contribution in [-0.2, 0) is 14.4 Å². The van der Waals surface area contributed by atoms with Crippen molar-refractivity contribution in [3.63, 3.8) is 0 Å². The molecule has 5 nitrogen and oxygen atoms in total. The van der Waals surface area contributed by atoms with E-state index in [9.17, 15) is 9.59 Å². The summed E-state index contributed by atoms with van der Waals surface area (Å²) in [6.07, 6.45) is 2.32. The highest BCUT2D eigenvalue weighted by molar-refractivity contribution is 6.12. The van der Waals surface area contributed by atoms with Crippen LogP contribution in [0.15, 0.2) is 78.0 Å². The van der Waals surface area contributed by atoms with Gasteiger partial charge in [-0.2, -0.15) is 0 Å². The van der Waals surface area contributed by atoms with Gasteiger partial charge in [-0.25, -0.2) is 4.79 Å². The maximum Gasteiger partial charge on any atom is 0.358 e.